The van der Waals surface area contributed by atoms with E-state index in [1.807, 2.05) is 0 Å². The van der Waals surface area contributed by atoms with Crippen LogP contribution in [-0.4, -0.2) is 24.7 Å². The van der Waals surface area contributed by atoms with Gasteiger partial charge >= 0.3 is 5.97 Å². The fourth-order valence-electron chi connectivity index (χ4n) is 1.69. The number of carbonyl (C=O) groups is 1. The average molecular weight is 269 g/mol. The van der Waals surface area contributed by atoms with Gasteiger partial charge in [-0.2, -0.15) is 0 Å². The van der Waals surface area contributed by atoms with Crippen molar-refractivity contribution >= 4 is 21.7 Å². The smallest absolute Gasteiger partial charge is 0.303 e. The first-order valence-corrected chi connectivity index (χ1v) is 7.35. The first-order chi connectivity index (χ1) is 8.49. The van der Waals surface area contributed by atoms with E-state index in [1.54, 1.807) is 24.3 Å². The zero-order valence-corrected chi connectivity index (χ0v) is 10.6. The van der Waals surface area contributed by atoms with Crippen LogP contribution in [0.25, 0.3) is 0 Å². The van der Waals surface area contributed by atoms with Crippen LogP contribution in [0, 0.1) is 0 Å². The van der Waals surface area contributed by atoms with Gasteiger partial charge in [0.1, 0.15) is 0 Å². The number of rotatable bonds is 6. The van der Waals surface area contributed by atoms with Crippen molar-refractivity contribution in [2.24, 2.45) is 0 Å². The second-order valence-corrected chi connectivity index (χ2v) is 6.36. The van der Waals surface area contributed by atoms with E-state index < -0.39 is 16.0 Å². The Hall–Kier alpha value is -1.56. The molecule has 0 unspecified atom stereocenters. The predicted molar refractivity (Wildman–Crippen MR) is 68.0 cm³/mol. The third-order valence-corrected chi connectivity index (χ3v) is 4.69. The van der Waals surface area contributed by atoms with Crippen LogP contribution in [0.2, 0.25) is 0 Å². The molecular formula is C12H15NO4S. The van der Waals surface area contributed by atoms with Crippen LogP contribution in [0.15, 0.2) is 24.3 Å². The summed E-state index contributed by atoms with van der Waals surface area (Å²) in [7, 11) is -3.30. The van der Waals surface area contributed by atoms with Gasteiger partial charge in [-0.3, -0.25) is 9.52 Å². The molecular weight excluding hydrogens is 254 g/mol. The number of benzene rings is 1. The van der Waals surface area contributed by atoms with E-state index in [0.717, 1.165) is 0 Å². The highest BCUT2D eigenvalue weighted by atomic mass is 32.2. The highest BCUT2D eigenvalue weighted by Gasteiger charge is 2.35. The summed E-state index contributed by atoms with van der Waals surface area (Å²) in [6.45, 7) is 0. The summed E-state index contributed by atoms with van der Waals surface area (Å²) >= 11 is 0. The summed E-state index contributed by atoms with van der Waals surface area (Å²) in [4.78, 5) is 10.5. The van der Waals surface area contributed by atoms with Crippen LogP contribution in [-0.2, 0) is 21.2 Å². The van der Waals surface area contributed by atoms with Gasteiger partial charge in [0, 0.05) is 6.42 Å². The second-order valence-electron chi connectivity index (χ2n) is 4.40. The van der Waals surface area contributed by atoms with Crippen LogP contribution in [0.1, 0.15) is 24.8 Å². The average Bonchev–Trinajstić information content (AvgIpc) is 3.11. The van der Waals surface area contributed by atoms with E-state index in [2.05, 4.69) is 4.72 Å². The Bertz CT molecular complexity index is 549. The predicted octanol–water partition coefficient (Wildman–Crippen LogP) is 1.61. The van der Waals surface area contributed by atoms with Gasteiger partial charge in [-0.05, 0) is 30.9 Å². The molecule has 1 aliphatic rings. The second kappa shape index (κ2) is 4.97. The maximum absolute atomic E-state index is 11.8. The summed E-state index contributed by atoms with van der Waals surface area (Å²) in [5.41, 5.74) is 1.20. The Labute approximate surface area is 106 Å². The van der Waals surface area contributed by atoms with Crippen LogP contribution in [0.5, 0.6) is 0 Å². The standard InChI is InChI=1S/C12H15NO4S/c14-12(15)8-5-9-3-1-2-4-11(9)13-18(16,17)10-6-7-10/h1-4,10,13H,5-8H2,(H,14,15). The minimum Gasteiger partial charge on any atom is -0.481 e. The van der Waals surface area contributed by atoms with Crippen LogP contribution < -0.4 is 4.72 Å². The Balaban J connectivity index is 2.14. The van der Waals surface area contributed by atoms with Gasteiger partial charge in [-0.15, -0.1) is 0 Å². The molecule has 1 saturated carbocycles. The quantitative estimate of drug-likeness (QED) is 0.821. The monoisotopic (exact) mass is 269 g/mol. The maximum atomic E-state index is 11.8. The number of nitrogens with one attached hydrogen (secondary N) is 1. The molecule has 18 heavy (non-hydrogen) atoms. The van der Waals surface area contributed by atoms with E-state index in [1.165, 1.54) is 0 Å². The van der Waals surface area contributed by atoms with Crippen molar-refractivity contribution in [3.63, 3.8) is 0 Å². The third kappa shape index (κ3) is 3.22. The van der Waals surface area contributed by atoms with Gasteiger partial charge in [-0.1, -0.05) is 18.2 Å². The fourth-order valence-corrected chi connectivity index (χ4v) is 3.12. The lowest BCUT2D eigenvalue weighted by molar-refractivity contribution is -0.136. The van der Waals surface area contributed by atoms with Crippen molar-refractivity contribution in [3.05, 3.63) is 29.8 Å². The van der Waals surface area contributed by atoms with Crippen molar-refractivity contribution < 1.29 is 18.3 Å². The number of hydrogen-bond acceptors (Lipinski definition) is 3. The number of aryl methyl sites for hydroxylation is 1. The number of aliphatic carboxylic acids is 1. The molecule has 2 N–H and O–H groups in total. The van der Waals surface area contributed by atoms with Gasteiger partial charge in [-0.25, -0.2) is 8.42 Å². The van der Waals surface area contributed by atoms with Crippen LogP contribution in [0.3, 0.4) is 0 Å². The fraction of sp³-hybridized carbons (Fsp3) is 0.417. The van der Waals surface area contributed by atoms with E-state index >= 15 is 0 Å². The largest absolute Gasteiger partial charge is 0.481 e. The lowest BCUT2D eigenvalue weighted by Gasteiger charge is -2.11. The number of carboxylic acids is 1. The topological polar surface area (TPSA) is 83.5 Å². The zero-order valence-electron chi connectivity index (χ0n) is 9.80. The lowest BCUT2D eigenvalue weighted by atomic mass is 10.1. The van der Waals surface area contributed by atoms with E-state index in [4.69, 9.17) is 5.11 Å². The van der Waals surface area contributed by atoms with Crippen LogP contribution >= 0.6 is 0 Å². The first kappa shape index (κ1) is 12.9. The number of hydrogen-bond donors (Lipinski definition) is 2. The number of carboxylic acid groups (broad SMARTS) is 1. The Kier molecular flexibility index (Phi) is 3.56. The summed E-state index contributed by atoms with van der Waals surface area (Å²) in [5.74, 6) is -0.894. The zero-order chi connectivity index (χ0) is 13.2. The molecule has 0 radical (unpaired) electrons. The molecule has 0 saturated heterocycles. The van der Waals surface area contributed by atoms with Gasteiger partial charge < -0.3 is 5.11 Å². The Morgan fingerprint density at radius 3 is 2.61 bits per heavy atom. The van der Waals surface area contributed by atoms with Gasteiger partial charge in [0.05, 0.1) is 10.9 Å². The molecule has 0 atom stereocenters. The first-order valence-electron chi connectivity index (χ1n) is 5.80. The molecule has 1 aromatic rings. The molecule has 2 rings (SSSR count). The third-order valence-electron chi connectivity index (χ3n) is 2.84. The highest BCUT2D eigenvalue weighted by Crippen LogP contribution is 2.30. The Morgan fingerprint density at radius 2 is 2.00 bits per heavy atom. The number of para-hydroxylation sites is 1. The summed E-state index contributed by atoms with van der Waals surface area (Å²) < 4.78 is 26.2. The molecule has 1 aliphatic carbocycles. The van der Waals surface area contributed by atoms with Crippen molar-refractivity contribution in [2.45, 2.75) is 30.9 Å². The molecule has 1 fully saturated rings. The molecule has 0 amide bonds. The molecule has 0 spiro atoms. The molecule has 0 aromatic heterocycles. The highest BCUT2D eigenvalue weighted by molar-refractivity contribution is 7.93. The van der Waals surface area contributed by atoms with Gasteiger partial charge in [0.25, 0.3) is 0 Å². The van der Waals surface area contributed by atoms with E-state index in [9.17, 15) is 13.2 Å². The molecule has 0 aliphatic heterocycles. The van der Waals surface area contributed by atoms with Crippen molar-refractivity contribution in [2.75, 3.05) is 4.72 Å². The van der Waals surface area contributed by atoms with Gasteiger partial charge in [0.2, 0.25) is 10.0 Å². The summed E-state index contributed by atoms with van der Waals surface area (Å²) in [6.07, 6.45) is 1.71. The summed E-state index contributed by atoms with van der Waals surface area (Å²) in [6, 6.07) is 6.91. The molecule has 6 heteroatoms. The molecule has 5 nitrogen and oxygen atoms in total. The van der Waals surface area contributed by atoms with Crippen molar-refractivity contribution in [1.82, 2.24) is 0 Å². The van der Waals surface area contributed by atoms with Crippen LogP contribution in [0.4, 0.5) is 5.69 Å². The number of sulfonamides is 1. The molecule has 0 heterocycles. The SMILES string of the molecule is O=C(O)CCc1ccccc1NS(=O)(=O)C1CC1. The van der Waals surface area contributed by atoms with E-state index in [0.29, 0.717) is 30.5 Å². The molecule has 0 bridgehead atoms. The summed E-state index contributed by atoms with van der Waals surface area (Å²) in [5, 5.41) is 8.37. The van der Waals surface area contributed by atoms with E-state index in [-0.39, 0.29) is 11.7 Å². The van der Waals surface area contributed by atoms with Crippen molar-refractivity contribution in [1.29, 1.82) is 0 Å². The maximum Gasteiger partial charge on any atom is 0.303 e. The number of anilines is 1. The normalized spacial score (nSPS) is 15.3. The Morgan fingerprint density at radius 1 is 1.33 bits per heavy atom. The minimum absolute atomic E-state index is 0.0117. The molecule has 98 valence electrons. The van der Waals surface area contributed by atoms with Gasteiger partial charge in [0.15, 0.2) is 0 Å². The lowest BCUT2D eigenvalue weighted by Crippen LogP contribution is -2.18. The molecule has 1 aromatic carbocycles. The van der Waals surface area contributed by atoms with Crippen molar-refractivity contribution in [3.8, 4) is 0 Å². The minimum atomic E-state index is -3.30.